The number of carbonyl (C=O) groups excluding carboxylic acids is 4. The molecule has 202 valence electrons. The average molecular weight is 535 g/mol. The van der Waals surface area contributed by atoms with Gasteiger partial charge in [-0.15, -0.1) is 0 Å². The predicted molar refractivity (Wildman–Crippen MR) is 143 cm³/mol. The summed E-state index contributed by atoms with van der Waals surface area (Å²) in [5.41, 5.74) is 1.46. The van der Waals surface area contributed by atoms with Gasteiger partial charge in [0.1, 0.15) is 17.6 Å². The number of carbonyl (C=O) groups is 4. The van der Waals surface area contributed by atoms with Crippen LogP contribution in [0, 0.1) is 5.82 Å². The minimum absolute atomic E-state index is 0.0348. The summed E-state index contributed by atoms with van der Waals surface area (Å²) in [6.45, 7) is 0. The number of amides is 3. The molecule has 11 heteroatoms. The molecule has 3 aromatic carbocycles. The molecule has 10 nitrogen and oxygen atoms in total. The Morgan fingerprint density at radius 1 is 1.05 bits per heavy atom. The Morgan fingerprint density at radius 3 is 2.49 bits per heavy atom. The van der Waals surface area contributed by atoms with Crippen molar-refractivity contribution in [1.29, 1.82) is 0 Å². The van der Waals surface area contributed by atoms with Crippen LogP contribution in [0.4, 0.5) is 21.5 Å². The van der Waals surface area contributed by atoms with Crippen LogP contribution in [0.5, 0.6) is 11.5 Å². The van der Waals surface area contributed by atoms with Crippen LogP contribution < -0.4 is 25.6 Å². The summed E-state index contributed by atoms with van der Waals surface area (Å²) in [5.74, 6) is -2.08. The SMILES string of the molecule is COC(=O)CC[C@H]1NC(=O)c2cc(Oc3cccc(N(C)C)c3)c(NC(=O)c3ccc(F)cc3)cc2NC1=O. The molecule has 3 aromatic rings. The Morgan fingerprint density at radius 2 is 1.79 bits per heavy atom. The van der Waals surface area contributed by atoms with Crippen molar-refractivity contribution >= 4 is 40.8 Å². The van der Waals surface area contributed by atoms with E-state index in [9.17, 15) is 23.6 Å². The zero-order valence-corrected chi connectivity index (χ0v) is 21.5. The van der Waals surface area contributed by atoms with Gasteiger partial charge in [-0.25, -0.2) is 4.39 Å². The van der Waals surface area contributed by atoms with Crippen LogP contribution in [0.25, 0.3) is 0 Å². The van der Waals surface area contributed by atoms with Crippen LogP contribution in [0.3, 0.4) is 0 Å². The zero-order chi connectivity index (χ0) is 28.1. The second-order valence-corrected chi connectivity index (χ2v) is 8.98. The van der Waals surface area contributed by atoms with E-state index in [4.69, 9.17) is 4.74 Å². The maximum atomic E-state index is 13.4. The van der Waals surface area contributed by atoms with E-state index in [0.717, 1.165) is 17.8 Å². The topological polar surface area (TPSA) is 126 Å². The molecular formula is C28H27FN4O6. The van der Waals surface area contributed by atoms with E-state index in [0.29, 0.717) is 5.75 Å². The Kier molecular flexibility index (Phi) is 8.09. The van der Waals surface area contributed by atoms with Gasteiger partial charge < -0.3 is 30.3 Å². The van der Waals surface area contributed by atoms with E-state index in [1.54, 1.807) is 18.2 Å². The van der Waals surface area contributed by atoms with Crippen molar-refractivity contribution < 1.29 is 33.0 Å². The van der Waals surface area contributed by atoms with Crippen molar-refractivity contribution in [3.05, 3.63) is 77.6 Å². The van der Waals surface area contributed by atoms with E-state index >= 15 is 0 Å². The van der Waals surface area contributed by atoms with Crippen molar-refractivity contribution in [3.63, 3.8) is 0 Å². The highest BCUT2D eigenvalue weighted by molar-refractivity contribution is 6.12. The van der Waals surface area contributed by atoms with Gasteiger partial charge in [0.2, 0.25) is 5.91 Å². The van der Waals surface area contributed by atoms with Crippen molar-refractivity contribution in [3.8, 4) is 11.5 Å². The normalized spacial score (nSPS) is 14.3. The molecule has 3 amide bonds. The second kappa shape index (κ2) is 11.6. The van der Waals surface area contributed by atoms with Gasteiger partial charge in [-0.05, 0) is 55.0 Å². The Balaban J connectivity index is 1.70. The van der Waals surface area contributed by atoms with Crippen molar-refractivity contribution in [2.75, 3.05) is 36.7 Å². The number of benzene rings is 3. The molecule has 0 fully saturated rings. The average Bonchev–Trinajstić information content (AvgIpc) is 3.03. The van der Waals surface area contributed by atoms with Gasteiger partial charge in [0.05, 0.1) is 24.0 Å². The molecular weight excluding hydrogens is 507 g/mol. The lowest BCUT2D eigenvalue weighted by Crippen LogP contribution is -2.41. The summed E-state index contributed by atoms with van der Waals surface area (Å²) < 4.78 is 24.1. The van der Waals surface area contributed by atoms with Gasteiger partial charge in [-0.2, -0.15) is 0 Å². The van der Waals surface area contributed by atoms with E-state index in [1.807, 2.05) is 25.1 Å². The highest BCUT2D eigenvalue weighted by Gasteiger charge is 2.30. The maximum Gasteiger partial charge on any atom is 0.305 e. The van der Waals surface area contributed by atoms with E-state index in [2.05, 4.69) is 20.7 Å². The highest BCUT2D eigenvalue weighted by atomic mass is 19.1. The molecule has 1 atom stereocenters. The van der Waals surface area contributed by atoms with Crippen molar-refractivity contribution in [2.45, 2.75) is 18.9 Å². The van der Waals surface area contributed by atoms with Gasteiger partial charge >= 0.3 is 5.97 Å². The Labute approximate surface area is 224 Å². The Hall–Kier alpha value is -4.93. The molecule has 4 rings (SSSR count). The lowest BCUT2D eigenvalue weighted by Gasteiger charge is -2.17. The monoisotopic (exact) mass is 534 g/mol. The second-order valence-electron chi connectivity index (χ2n) is 8.98. The first-order valence-corrected chi connectivity index (χ1v) is 12.0. The van der Waals surface area contributed by atoms with Crippen LogP contribution in [-0.2, 0) is 14.3 Å². The molecule has 0 radical (unpaired) electrons. The highest BCUT2D eigenvalue weighted by Crippen LogP contribution is 2.37. The fraction of sp³-hybridized carbons (Fsp3) is 0.214. The first-order chi connectivity index (χ1) is 18.6. The van der Waals surface area contributed by atoms with Crippen LogP contribution in [0.1, 0.15) is 33.6 Å². The summed E-state index contributed by atoms with van der Waals surface area (Å²) in [6.07, 6.45) is -0.0339. The lowest BCUT2D eigenvalue weighted by atomic mass is 10.1. The molecule has 0 spiro atoms. The number of fused-ring (bicyclic) bond motifs is 1. The van der Waals surface area contributed by atoms with Crippen LogP contribution in [0.2, 0.25) is 0 Å². The zero-order valence-electron chi connectivity index (χ0n) is 21.5. The molecule has 3 N–H and O–H groups in total. The molecule has 39 heavy (non-hydrogen) atoms. The number of anilines is 3. The van der Waals surface area contributed by atoms with Gasteiger partial charge in [0.25, 0.3) is 11.8 Å². The quantitative estimate of drug-likeness (QED) is 0.374. The van der Waals surface area contributed by atoms with Crippen LogP contribution >= 0.6 is 0 Å². The summed E-state index contributed by atoms with van der Waals surface area (Å²) in [7, 11) is 4.99. The van der Waals surface area contributed by atoms with Crippen LogP contribution in [0.15, 0.2) is 60.7 Å². The molecule has 1 aliphatic heterocycles. The van der Waals surface area contributed by atoms with E-state index in [1.165, 1.54) is 31.4 Å². The number of halogens is 1. The third-order valence-corrected chi connectivity index (χ3v) is 6.03. The van der Waals surface area contributed by atoms with E-state index in [-0.39, 0.29) is 41.1 Å². The molecule has 1 aliphatic rings. The fourth-order valence-electron chi connectivity index (χ4n) is 3.89. The van der Waals surface area contributed by atoms with Crippen molar-refractivity contribution in [2.24, 2.45) is 0 Å². The number of ether oxygens (including phenoxy) is 2. The Bertz CT molecular complexity index is 1420. The number of hydrogen-bond acceptors (Lipinski definition) is 7. The number of nitrogens with one attached hydrogen (secondary N) is 3. The fourth-order valence-corrected chi connectivity index (χ4v) is 3.89. The molecule has 0 unspecified atom stereocenters. The lowest BCUT2D eigenvalue weighted by molar-refractivity contribution is -0.140. The molecule has 0 aliphatic carbocycles. The molecule has 0 saturated carbocycles. The third kappa shape index (κ3) is 6.50. The first kappa shape index (κ1) is 27.1. The largest absolute Gasteiger partial charge is 0.469 e. The molecule has 0 saturated heterocycles. The summed E-state index contributed by atoms with van der Waals surface area (Å²) in [5, 5.41) is 8.03. The smallest absolute Gasteiger partial charge is 0.305 e. The molecule has 0 aromatic heterocycles. The van der Waals surface area contributed by atoms with Crippen LogP contribution in [-0.4, -0.2) is 50.9 Å². The van der Waals surface area contributed by atoms with Gasteiger partial charge in [-0.1, -0.05) is 6.07 Å². The number of methoxy groups -OCH3 is 1. The van der Waals surface area contributed by atoms with Gasteiger partial charge in [0.15, 0.2) is 5.75 Å². The number of esters is 1. The minimum atomic E-state index is -0.984. The molecule has 1 heterocycles. The standard InChI is InChI=1S/C28H27FN4O6/c1-33(2)18-5-4-6-19(13-18)39-24-14-20-22(15-23(24)32-26(35)16-7-9-17(29)10-8-16)31-28(37)21(30-27(20)36)11-12-25(34)38-3/h4-10,13-15,21H,11-12H2,1-3H3,(H,30,36)(H,31,37)(H,32,35)/t21-/m1/s1. The summed E-state index contributed by atoms with van der Waals surface area (Å²) in [4.78, 5) is 52.4. The number of hydrogen-bond donors (Lipinski definition) is 3. The summed E-state index contributed by atoms with van der Waals surface area (Å²) >= 11 is 0. The third-order valence-electron chi connectivity index (χ3n) is 6.03. The van der Waals surface area contributed by atoms with E-state index < -0.39 is 35.5 Å². The first-order valence-electron chi connectivity index (χ1n) is 12.0. The van der Waals surface area contributed by atoms with Gasteiger partial charge in [0, 0.05) is 37.8 Å². The maximum absolute atomic E-state index is 13.4. The number of nitrogens with zero attached hydrogens (tertiary/aromatic N) is 1. The predicted octanol–water partition coefficient (Wildman–Crippen LogP) is 3.94. The molecule has 0 bridgehead atoms. The van der Waals surface area contributed by atoms with Crippen molar-refractivity contribution in [1.82, 2.24) is 5.32 Å². The number of rotatable bonds is 8. The minimum Gasteiger partial charge on any atom is -0.469 e. The summed E-state index contributed by atoms with van der Waals surface area (Å²) in [6, 6.07) is 14.0. The van der Waals surface area contributed by atoms with Gasteiger partial charge in [-0.3, -0.25) is 19.2 Å².